The van der Waals surface area contributed by atoms with Gasteiger partial charge in [-0.15, -0.1) is 0 Å². The number of fused-ring (bicyclic) bond motifs is 1. The van der Waals surface area contributed by atoms with Gasteiger partial charge in [0.25, 0.3) is 5.91 Å². The highest BCUT2D eigenvalue weighted by Gasteiger charge is 2.13. The van der Waals surface area contributed by atoms with Gasteiger partial charge in [0, 0.05) is 36.9 Å². The fourth-order valence-corrected chi connectivity index (χ4v) is 2.65. The first-order chi connectivity index (χ1) is 13.3. The smallest absolute Gasteiger partial charge is 0.257 e. The van der Waals surface area contributed by atoms with Gasteiger partial charge >= 0.3 is 0 Å². The molecule has 136 valence electrons. The second-order valence-electron chi connectivity index (χ2n) is 5.95. The maximum atomic E-state index is 12.4. The van der Waals surface area contributed by atoms with Crippen molar-refractivity contribution in [2.45, 2.75) is 6.54 Å². The van der Waals surface area contributed by atoms with Gasteiger partial charge in [-0.25, -0.2) is 4.98 Å². The minimum Gasteiger partial charge on any atom is -0.486 e. The largest absolute Gasteiger partial charge is 0.486 e. The first-order valence-corrected chi connectivity index (χ1v) is 8.58. The van der Waals surface area contributed by atoms with Crippen LogP contribution in [-0.4, -0.2) is 29.1 Å². The molecule has 0 spiro atoms. The van der Waals surface area contributed by atoms with E-state index in [9.17, 15) is 4.79 Å². The monoisotopic (exact) mass is 362 g/mol. The summed E-state index contributed by atoms with van der Waals surface area (Å²) in [4.78, 5) is 20.7. The summed E-state index contributed by atoms with van der Waals surface area (Å²) in [7, 11) is 0. The van der Waals surface area contributed by atoms with E-state index in [4.69, 9.17) is 9.47 Å². The molecule has 2 N–H and O–H groups in total. The van der Waals surface area contributed by atoms with Crippen molar-refractivity contribution in [3.05, 3.63) is 72.2 Å². The number of benzene rings is 1. The zero-order chi connectivity index (χ0) is 18.5. The Kier molecular flexibility index (Phi) is 4.82. The van der Waals surface area contributed by atoms with Gasteiger partial charge in [-0.05, 0) is 42.0 Å². The van der Waals surface area contributed by atoms with E-state index in [0.29, 0.717) is 48.3 Å². The van der Waals surface area contributed by atoms with E-state index < -0.39 is 0 Å². The molecular weight excluding hydrogens is 344 g/mol. The lowest BCUT2D eigenvalue weighted by atomic mass is 10.2. The summed E-state index contributed by atoms with van der Waals surface area (Å²) in [5.41, 5.74) is 2.22. The van der Waals surface area contributed by atoms with Gasteiger partial charge in [0.2, 0.25) is 0 Å². The molecule has 4 rings (SSSR count). The molecule has 0 radical (unpaired) electrons. The average Bonchev–Trinajstić information content (AvgIpc) is 2.73. The van der Waals surface area contributed by atoms with Crippen LogP contribution in [0.2, 0.25) is 0 Å². The van der Waals surface area contributed by atoms with Crippen LogP contribution in [0, 0.1) is 0 Å². The van der Waals surface area contributed by atoms with E-state index in [2.05, 4.69) is 20.6 Å². The van der Waals surface area contributed by atoms with Crippen LogP contribution in [0.3, 0.4) is 0 Å². The SMILES string of the molecule is O=C(Nc1ccc2c(c1)OCCO2)c1ccc(NCc2ccncc2)nc1. The maximum absolute atomic E-state index is 12.4. The Morgan fingerprint density at radius 1 is 1.00 bits per heavy atom. The molecular formula is C20H18N4O3. The van der Waals surface area contributed by atoms with Gasteiger partial charge in [-0.1, -0.05) is 0 Å². The van der Waals surface area contributed by atoms with Crippen molar-refractivity contribution < 1.29 is 14.3 Å². The predicted molar refractivity (Wildman–Crippen MR) is 101 cm³/mol. The molecule has 2 aromatic heterocycles. The summed E-state index contributed by atoms with van der Waals surface area (Å²) in [6.45, 7) is 1.67. The molecule has 0 saturated heterocycles. The van der Waals surface area contributed by atoms with E-state index in [1.807, 2.05) is 12.1 Å². The van der Waals surface area contributed by atoms with Crippen molar-refractivity contribution in [3.63, 3.8) is 0 Å². The van der Waals surface area contributed by atoms with Crippen molar-refractivity contribution in [2.75, 3.05) is 23.8 Å². The standard InChI is InChI=1S/C20H18N4O3/c25-20(24-16-2-3-17-18(11-16)27-10-9-26-17)15-1-4-19(23-13-15)22-12-14-5-7-21-8-6-14/h1-8,11,13H,9-10,12H2,(H,22,23)(H,24,25). The molecule has 0 fully saturated rings. The number of hydrogen-bond acceptors (Lipinski definition) is 6. The van der Waals surface area contributed by atoms with E-state index in [0.717, 1.165) is 5.56 Å². The van der Waals surface area contributed by atoms with Crippen LogP contribution < -0.4 is 20.1 Å². The van der Waals surface area contributed by atoms with Crippen molar-refractivity contribution in [2.24, 2.45) is 0 Å². The quantitative estimate of drug-likeness (QED) is 0.725. The van der Waals surface area contributed by atoms with E-state index in [1.54, 1.807) is 48.9 Å². The second kappa shape index (κ2) is 7.74. The highest BCUT2D eigenvalue weighted by molar-refractivity contribution is 6.04. The molecule has 1 aliphatic rings. The molecule has 27 heavy (non-hydrogen) atoms. The van der Waals surface area contributed by atoms with Crippen LogP contribution in [0.5, 0.6) is 11.5 Å². The van der Waals surface area contributed by atoms with Crippen LogP contribution in [0.1, 0.15) is 15.9 Å². The lowest BCUT2D eigenvalue weighted by Crippen LogP contribution is -2.16. The van der Waals surface area contributed by atoms with E-state index in [1.165, 1.54) is 0 Å². The molecule has 7 heteroatoms. The third-order valence-electron chi connectivity index (χ3n) is 4.05. The van der Waals surface area contributed by atoms with Gasteiger partial charge in [0.05, 0.1) is 5.56 Å². The lowest BCUT2D eigenvalue weighted by Gasteiger charge is -2.19. The number of ether oxygens (including phenoxy) is 2. The fraction of sp³-hybridized carbons (Fsp3) is 0.150. The van der Waals surface area contributed by atoms with Crippen molar-refractivity contribution in [1.82, 2.24) is 9.97 Å². The molecule has 0 atom stereocenters. The molecule has 0 saturated carbocycles. The number of amides is 1. The summed E-state index contributed by atoms with van der Waals surface area (Å²) in [5, 5.41) is 6.05. The van der Waals surface area contributed by atoms with Crippen LogP contribution in [0.4, 0.5) is 11.5 Å². The van der Waals surface area contributed by atoms with Gasteiger partial charge in [-0.2, -0.15) is 0 Å². The van der Waals surface area contributed by atoms with Crippen molar-refractivity contribution in [1.29, 1.82) is 0 Å². The Morgan fingerprint density at radius 2 is 1.81 bits per heavy atom. The molecule has 1 amide bonds. The summed E-state index contributed by atoms with van der Waals surface area (Å²) in [5.74, 6) is 1.78. The minimum absolute atomic E-state index is 0.236. The molecule has 0 bridgehead atoms. The first-order valence-electron chi connectivity index (χ1n) is 8.58. The Labute approximate surface area is 156 Å². The molecule has 0 unspecified atom stereocenters. The Morgan fingerprint density at radius 3 is 2.59 bits per heavy atom. The van der Waals surface area contributed by atoms with Crippen molar-refractivity contribution in [3.8, 4) is 11.5 Å². The zero-order valence-corrected chi connectivity index (χ0v) is 14.5. The highest BCUT2D eigenvalue weighted by atomic mass is 16.6. The number of nitrogens with one attached hydrogen (secondary N) is 2. The summed E-state index contributed by atoms with van der Waals surface area (Å²) < 4.78 is 11.0. The van der Waals surface area contributed by atoms with Crippen LogP contribution >= 0.6 is 0 Å². The second-order valence-corrected chi connectivity index (χ2v) is 5.95. The van der Waals surface area contributed by atoms with Gasteiger partial charge < -0.3 is 20.1 Å². The third-order valence-corrected chi connectivity index (χ3v) is 4.05. The Balaban J connectivity index is 1.37. The maximum Gasteiger partial charge on any atom is 0.257 e. The molecule has 3 heterocycles. The number of aromatic nitrogens is 2. The number of rotatable bonds is 5. The fourth-order valence-electron chi connectivity index (χ4n) is 2.65. The Bertz CT molecular complexity index is 930. The number of nitrogens with zero attached hydrogens (tertiary/aromatic N) is 2. The van der Waals surface area contributed by atoms with Crippen molar-refractivity contribution >= 4 is 17.4 Å². The molecule has 3 aromatic rings. The van der Waals surface area contributed by atoms with Crippen LogP contribution in [0.15, 0.2) is 61.1 Å². The van der Waals surface area contributed by atoms with E-state index in [-0.39, 0.29) is 5.91 Å². The normalized spacial score (nSPS) is 12.3. The molecule has 7 nitrogen and oxygen atoms in total. The molecule has 0 aliphatic carbocycles. The first kappa shape index (κ1) is 16.8. The number of carbonyl (C=O) groups is 1. The number of hydrogen-bond donors (Lipinski definition) is 2. The predicted octanol–water partition coefficient (Wildman–Crippen LogP) is 3.11. The van der Waals surface area contributed by atoms with Crippen LogP contribution in [0.25, 0.3) is 0 Å². The third kappa shape index (κ3) is 4.14. The van der Waals surface area contributed by atoms with Crippen LogP contribution in [-0.2, 0) is 6.54 Å². The van der Waals surface area contributed by atoms with Gasteiger partial charge in [0.1, 0.15) is 19.0 Å². The topological polar surface area (TPSA) is 85.4 Å². The molecule has 1 aliphatic heterocycles. The minimum atomic E-state index is -0.236. The summed E-state index contributed by atoms with van der Waals surface area (Å²) in [6.07, 6.45) is 5.04. The molecule has 1 aromatic carbocycles. The lowest BCUT2D eigenvalue weighted by molar-refractivity contribution is 0.102. The highest BCUT2D eigenvalue weighted by Crippen LogP contribution is 2.32. The summed E-state index contributed by atoms with van der Waals surface area (Å²) in [6, 6.07) is 12.7. The van der Waals surface area contributed by atoms with Gasteiger partial charge in [-0.3, -0.25) is 9.78 Å². The number of pyridine rings is 2. The Hall–Kier alpha value is -3.61. The van der Waals surface area contributed by atoms with E-state index >= 15 is 0 Å². The number of carbonyl (C=O) groups excluding carboxylic acids is 1. The number of anilines is 2. The zero-order valence-electron chi connectivity index (χ0n) is 14.5. The summed E-state index contributed by atoms with van der Waals surface area (Å²) >= 11 is 0. The van der Waals surface area contributed by atoms with Gasteiger partial charge in [0.15, 0.2) is 11.5 Å². The average molecular weight is 362 g/mol.